The van der Waals surface area contributed by atoms with Crippen LogP contribution < -0.4 is 4.90 Å². The van der Waals surface area contributed by atoms with Crippen molar-refractivity contribution in [3.63, 3.8) is 0 Å². The maximum atomic E-state index is 5.26. The molecule has 6 aromatic rings. The van der Waals surface area contributed by atoms with E-state index >= 15 is 0 Å². The molecule has 154 valence electrons. The number of para-hydroxylation sites is 1. The van der Waals surface area contributed by atoms with Gasteiger partial charge in [-0.15, -0.1) is 0 Å². The summed E-state index contributed by atoms with van der Waals surface area (Å²) >= 11 is 0. The van der Waals surface area contributed by atoms with Gasteiger partial charge in [0.05, 0.1) is 22.6 Å². The number of hydrogen-bond acceptors (Lipinski definition) is 2. The summed E-state index contributed by atoms with van der Waals surface area (Å²) in [6.45, 7) is 0. The molecule has 0 radical (unpaired) electrons. The van der Waals surface area contributed by atoms with E-state index in [9.17, 15) is 0 Å². The Bertz CT molecular complexity index is 1650. The van der Waals surface area contributed by atoms with Crippen molar-refractivity contribution in [1.29, 1.82) is 0 Å². The van der Waals surface area contributed by atoms with Crippen LogP contribution in [0.4, 0.5) is 17.1 Å². The van der Waals surface area contributed by atoms with Crippen LogP contribution in [-0.2, 0) is 0 Å². The molecular formula is C31H20N2. The van der Waals surface area contributed by atoms with Crippen molar-refractivity contribution in [3.05, 3.63) is 121 Å². The number of fused-ring (bicyclic) bond motifs is 3. The monoisotopic (exact) mass is 420 g/mol. The maximum absolute atomic E-state index is 5.26. The van der Waals surface area contributed by atoms with Gasteiger partial charge in [0.1, 0.15) is 0 Å². The highest BCUT2D eigenvalue weighted by molar-refractivity contribution is 6.14. The first kappa shape index (κ1) is 18.2. The summed E-state index contributed by atoms with van der Waals surface area (Å²) in [5.74, 6) is 0. The zero-order chi connectivity index (χ0) is 21.8. The van der Waals surface area contributed by atoms with Crippen molar-refractivity contribution in [1.82, 2.24) is 4.98 Å². The summed E-state index contributed by atoms with van der Waals surface area (Å²) in [7, 11) is 0. The number of aromatic nitrogens is 1. The lowest BCUT2D eigenvalue weighted by Crippen LogP contribution is -2.16. The van der Waals surface area contributed by atoms with Crippen LogP contribution in [0.5, 0.6) is 0 Å². The Kier molecular flexibility index (Phi) is 3.88. The molecule has 0 fully saturated rings. The molecule has 0 saturated carbocycles. The molecule has 0 atom stereocenters. The van der Waals surface area contributed by atoms with Crippen molar-refractivity contribution in [2.45, 2.75) is 0 Å². The number of nitrogens with zero attached hydrogens (tertiary/aromatic N) is 2. The van der Waals surface area contributed by atoms with Crippen LogP contribution in [0.25, 0.3) is 44.1 Å². The number of anilines is 3. The normalized spacial score (nSPS) is 12.2. The lowest BCUT2D eigenvalue weighted by Gasteiger charge is -2.33. The molecule has 1 aliphatic rings. The molecule has 0 N–H and O–H groups in total. The van der Waals surface area contributed by atoms with Crippen LogP contribution in [0.2, 0.25) is 0 Å². The SMILES string of the molecule is c1ccc(-c2cccc3nc4c(cc23)N(c2ccccc2)c2cccc3cccc-4c23)cc1. The molecule has 2 nitrogen and oxygen atoms in total. The zero-order valence-electron chi connectivity index (χ0n) is 17.9. The second kappa shape index (κ2) is 7.04. The van der Waals surface area contributed by atoms with E-state index in [1.54, 1.807) is 0 Å². The first-order valence-corrected chi connectivity index (χ1v) is 11.2. The molecule has 0 aliphatic carbocycles. The summed E-state index contributed by atoms with van der Waals surface area (Å²) < 4.78 is 0. The van der Waals surface area contributed by atoms with Crippen LogP contribution in [-0.4, -0.2) is 4.98 Å². The summed E-state index contributed by atoms with van der Waals surface area (Å²) in [4.78, 5) is 7.62. The fourth-order valence-electron chi connectivity index (χ4n) is 5.11. The van der Waals surface area contributed by atoms with Gasteiger partial charge in [-0.25, -0.2) is 4.98 Å². The fourth-order valence-corrected chi connectivity index (χ4v) is 5.11. The van der Waals surface area contributed by atoms with E-state index in [0.29, 0.717) is 0 Å². The minimum Gasteiger partial charge on any atom is -0.308 e. The minimum atomic E-state index is 1.01. The van der Waals surface area contributed by atoms with Crippen molar-refractivity contribution in [2.75, 3.05) is 4.90 Å². The van der Waals surface area contributed by atoms with E-state index in [-0.39, 0.29) is 0 Å². The molecule has 5 aromatic carbocycles. The van der Waals surface area contributed by atoms with E-state index in [4.69, 9.17) is 4.98 Å². The van der Waals surface area contributed by atoms with Crippen LogP contribution in [0.1, 0.15) is 0 Å². The second-order valence-corrected chi connectivity index (χ2v) is 8.45. The Labute approximate surface area is 192 Å². The Morgan fingerprint density at radius 1 is 0.545 bits per heavy atom. The van der Waals surface area contributed by atoms with Crippen molar-refractivity contribution in [3.8, 4) is 22.4 Å². The number of rotatable bonds is 2. The van der Waals surface area contributed by atoms with E-state index in [0.717, 1.165) is 28.0 Å². The molecule has 0 saturated heterocycles. The van der Waals surface area contributed by atoms with Gasteiger partial charge in [0.25, 0.3) is 0 Å². The smallest absolute Gasteiger partial charge is 0.0957 e. The minimum absolute atomic E-state index is 1.01. The summed E-state index contributed by atoms with van der Waals surface area (Å²) in [5.41, 5.74) is 9.09. The molecule has 0 bridgehead atoms. The van der Waals surface area contributed by atoms with Gasteiger partial charge in [0.2, 0.25) is 0 Å². The third kappa shape index (κ3) is 2.71. The second-order valence-electron chi connectivity index (χ2n) is 8.45. The van der Waals surface area contributed by atoms with E-state index in [2.05, 4.69) is 126 Å². The van der Waals surface area contributed by atoms with Crippen LogP contribution in [0.3, 0.4) is 0 Å². The van der Waals surface area contributed by atoms with Crippen molar-refractivity contribution in [2.24, 2.45) is 0 Å². The highest BCUT2D eigenvalue weighted by Gasteiger charge is 2.27. The third-order valence-corrected chi connectivity index (χ3v) is 6.56. The van der Waals surface area contributed by atoms with Crippen molar-refractivity contribution >= 4 is 38.7 Å². The predicted octanol–water partition coefficient (Wildman–Crippen LogP) is 8.51. The summed E-state index contributed by atoms with van der Waals surface area (Å²) in [6.07, 6.45) is 0. The quantitative estimate of drug-likeness (QED) is 0.279. The summed E-state index contributed by atoms with van der Waals surface area (Å²) in [5, 5.41) is 3.65. The molecule has 2 heteroatoms. The Morgan fingerprint density at radius 3 is 2.06 bits per heavy atom. The Morgan fingerprint density at radius 2 is 1.24 bits per heavy atom. The standard InChI is InChI=1S/C31H20N2/c1-3-10-21(11-4-1)24-16-9-18-27-26(24)20-29-31(32-27)25-17-7-12-22-13-8-19-28(30(22)25)33(29)23-14-5-2-6-15-23/h1-20H. The number of hydrogen-bond donors (Lipinski definition) is 0. The number of pyridine rings is 1. The third-order valence-electron chi connectivity index (χ3n) is 6.56. The molecule has 7 rings (SSSR count). The van der Waals surface area contributed by atoms with E-state index in [1.165, 1.54) is 33.2 Å². The molecule has 1 aliphatic heterocycles. The predicted molar refractivity (Wildman–Crippen MR) is 138 cm³/mol. The van der Waals surface area contributed by atoms with Gasteiger partial charge in [-0.2, -0.15) is 0 Å². The number of benzene rings is 5. The molecule has 0 unspecified atom stereocenters. The van der Waals surface area contributed by atoms with Crippen molar-refractivity contribution < 1.29 is 0 Å². The van der Waals surface area contributed by atoms with Gasteiger partial charge < -0.3 is 4.90 Å². The maximum Gasteiger partial charge on any atom is 0.0957 e. The van der Waals surface area contributed by atoms with Gasteiger partial charge in [-0.1, -0.05) is 91.0 Å². The first-order valence-electron chi connectivity index (χ1n) is 11.2. The average molecular weight is 421 g/mol. The van der Waals surface area contributed by atoms with Crippen LogP contribution in [0, 0.1) is 0 Å². The molecule has 1 aromatic heterocycles. The lowest BCUT2D eigenvalue weighted by molar-refractivity contribution is 1.25. The van der Waals surface area contributed by atoms with Gasteiger partial charge in [0.15, 0.2) is 0 Å². The summed E-state index contributed by atoms with van der Waals surface area (Å²) in [6, 6.07) is 43.0. The van der Waals surface area contributed by atoms with Crippen LogP contribution in [0.15, 0.2) is 121 Å². The Hall–Kier alpha value is -4.43. The molecule has 2 heterocycles. The zero-order valence-corrected chi connectivity index (χ0v) is 17.9. The fraction of sp³-hybridized carbons (Fsp3) is 0. The van der Waals surface area contributed by atoms with E-state index < -0.39 is 0 Å². The largest absolute Gasteiger partial charge is 0.308 e. The molecule has 33 heavy (non-hydrogen) atoms. The molecule has 0 amide bonds. The molecular weight excluding hydrogens is 400 g/mol. The van der Waals surface area contributed by atoms with Gasteiger partial charge in [-0.3, -0.25) is 0 Å². The highest BCUT2D eigenvalue weighted by Crippen LogP contribution is 2.51. The van der Waals surface area contributed by atoms with Gasteiger partial charge in [0, 0.05) is 22.0 Å². The Balaban J connectivity index is 1.61. The van der Waals surface area contributed by atoms with Gasteiger partial charge >= 0.3 is 0 Å². The topological polar surface area (TPSA) is 16.1 Å². The van der Waals surface area contributed by atoms with E-state index in [1.807, 2.05) is 0 Å². The highest BCUT2D eigenvalue weighted by atomic mass is 15.2. The molecule has 0 spiro atoms. The van der Waals surface area contributed by atoms with Crippen LogP contribution >= 0.6 is 0 Å². The average Bonchev–Trinajstić information content (AvgIpc) is 2.89. The first-order chi connectivity index (χ1) is 16.4. The van der Waals surface area contributed by atoms with Gasteiger partial charge in [-0.05, 0) is 46.8 Å². The lowest BCUT2D eigenvalue weighted by atomic mass is 9.92.